The second kappa shape index (κ2) is 5.34. The van der Waals surface area contributed by atoms with Crippen molar-refractivity contribution in [3.63, 3.8) is 0 Å². The van der Waals surface area contributed by atoms with E-state index in [2.05, 4.69) is 65.5 Å². The molecule has 112 valence electrons. The first-order valence-corrected chi connectivity index (χ1v) is 7.11. The Balaban J connectivity index is 3.46. The molecule has 1 aliphatic carbocycles. The first-order valence-electron chi connectivity index (χ1n) is 7.11. The quantitative estimate of drug-likeness (QED) is 0.596. The van der Waals surface area contributed by atoms with Crippen molar-refractivity contribution in [3.8, 4) is 0 Å². The molecule has 0 aromatic heterocycles. The van der Waals surface area contributed by atoms with Gasteiger partial charge in [0.25, 0.3) is 0 Å². The van der Waals surface area contributed by atoms with Crippen LogP contribution < -0.4 is 5.90 Å². The largest absolute Gasteiger partial charge is 0.293 e. The summed E-state index contributed by atoms with van der Waals surface area (Å²) in [6, 6.07) is 0. The van der Waals surface area contributed by atoms with Gasteiger partial charge in [-0.05, 0) is 31.9 Å². The third kappa shape index (κ3) is 2.82. The lowest BCUT2D eigenvalue weighted by Crippen LogP contribution is -2.48. The molecule has 1 unspecified atom stereocenters. The van der Waals surface area contributed by atoms with Crippen LogP contribution in [0.15, 0.2) is 47.6 Å². The molecule has 0 saturated carbocycles. The number of nitrogens with two attached hydrogens (primary N) is 1. The minimum Gasteiger partial charge on any atom is -0.293 e. The van der Waals surface area contributed by atoms with E-state index in [1.807, 2.05) is 13.8 Å². The van der Waals surface area contributed by atoms with E-state index in [1.165, 1.54) is 5.57 Å². The second-order valence-electron chi connectivity index (χ2n) is 7.14. The Morgan fingerprint density at radius 3 is 2.15 bits per heavy atom. The fourth-order valence-corrected chi connectivity index (χ4v) is 2.40. The highest BCUT2D eigenvalue weighted by Gasteiger charge is 2.45. The maximum atomic E-state index is 5.71. The molecule has 2 nitrogen and oxygen atoms in total. The van der Waals surface area contributed by atoms with Crippen molar-refractivity contribution in [3.05, 3.63) is 47.6 Å². The van der Waals surface area contributed by atoms with Crippen LogP contribution in [0, 0.1) is 10.8 Å². The zero-order chi connectivity index (χ0) is 15.8. The van der Waals surface area contributed by atoms with Gasteiger partial charge in [0.2, 0.25) is 0 Å². The van der Waals surface area contributed by atoms with E-state index < -0.39 is 5.60 Å². The predicted octanol–water partition coefficient (Wildman–Crippen LogP) is 4.71. The summed E-state index contributed by atoms with van der Waals surface area (Å²) in [5.41, 5.74) is 2.47. The van der Waals surface area contributed by atoms with Gasteiger partial charge in [0, 0.05) is 10.8 Å². The van der Waals surface area contributed by atoms with Crippen LogP contribution in [0.5, 0.6) is 0 Å². The maximum Gasteiger partial charge on any atom is 0.120 e. The fraction of sp³-hybridized carbons (Fsp3) is 0.556. The minimum absolute atomic E-state index is 0.0336. The van der Waals surface area contributed by atoms with Crippen molar-refractivity contribution < 1.29 is 4.84 Å². The molecule has 1 atom stereocenters. The van der Waals surface area contributed by atoms with E-state index in [1.54, 1.807) is 0 Å². The van der Waals surface area contributed by atoms with Gasteiger partial charge in [-0.3, -0.25) is 4.84 Å². The summed E-state index contributed by atoms with van der Waals surface area (Å²) in [5.74, 6) is 5.71. The smallest absolute Gasteiger partial charge is 0.120 e. The molecule has 0 amide bonds. The van der Waals surface area contributed by atoms with Crippen molar-refractivity contribution in [1.29, 1.82) is 0 Å². The van der Waals surface area contributed by atoms with Gasteiger partial charge in [0.15, 0.2) is 0 Å². The van der Waals surface area contributed by atoms with Crippen molar-refractivity contribution in [2.45, 2.75) is 54.1 Å². The molecule has 2 heteroatoms. The van der Waals surface area contributed by atoms with Crippen LogP contribution in [0.2, 0.25) is 0 Å². The zero-order valence-electron chi connectivity index (χ0n) is 14.0. The fourth-order valence-electron chi connectivity index (χ4n) is 2.40. The minimum atomic E-state index is -0.621. The second-order valence-corrected chi connectivity index (χ2v) is 7.14. The first kappa shape index (κ1) is 16.9. The van der Waals surface area contributed by atoms with Gasteiger partial charge >= 0.3 is 0 Å². The number of rotatable bonds is 4. The molecule has 0 spiro atoms. The summed E-state index contributed by atoms with van der Waals surface area (Å²) in [4.78, 5) is 5.49. The van der Waals surface area contributed by atoms with E-state index in [0.29, 0.717) is 0 Å². The molecule has 0 radical (unpaired) electrons. The molecular weight excluding hydrogens is 246 g/mol. The van der Waals surface area contributed by atoms with Crippen LogP contribution in [-0.2, 0) is 4.84 Å². The van der Waals surface area contributed by atoms with Gasteiger partial charge in [-0.25, -0.2) is 5.90 Å². The molecule has 1 rings (SSSR count). The van der Waals surface area contributed by atoms with E-state index in [0.717, 1.165) is 11.1 Å². The third-order valence-electron chi connectivity index (χ3n) is 4.88. The van der Waals surface area contributed by atoms with E-state index in [9.17, 15) is 0 Å². The van der Waals surface area contributed by atoms with Crippen LogP contribution >= 0.6 is 0 Å². The maximum absolute atomic E-state index is 5.71. The van der Waals surface area contributed by atoms with Gasteiger partial charge in [-0.2, -0.15) is 0 Å². The lowest BCUT2D eigenvalue weighted by atomic mass is 9.67. The Kier molecular flexibility index (Phi) is 4.52. The van der Waals surface area contributed by atoms with E-state index in [4.69, 9.17) is 10.7 Å². The first-order chi connectivity index (χ1) is 8.98. The Morgan fingerprint density at radius 1 is 1.20 bits per heavy atom. The lowest BCUT2D eigenvalue weighted by molar-refractivity contribution is -0.0691. The Labute approximate surface area is 124 Å². The standard InChI is InChI=1S/C18H29NO/c1-13(2)17(6,7)18(8,20-19)15-10-12-16(4,5)11-9-14(15)3/h9-12H,1,19H2,2-8H3. The summed E-state index contributed by atoms with van der Waals surface area (Å²) in [5, 5.41) is 0. The van der Waals surface area contributed by atoms with Crippen LogP contribution in [0.25, 0.3) is 0 Å². The predicted molar refractivity (Wildman–Crippen MR) is 87.0 cm³/mol. The molecule has 2 N–H and O–H groups in total. The van der Waals surface area contributed by atoms with Crippen LogP contribution in [0.1, 0.15) is 48.5 Å². The Morgan fingerprint density at radius 2 is 1.70 bits per heavy atom. The summed E-state index contributed by atoms with van der Waals surface area (Å²) >= 11 is 0. The average molecular weight is 275 g/mol. The van der Waals surface area contributed by atoms with Crippen LogP contribution in [0.3, 0.4) is 0 Å². The highest BCUT2D eigenvalue weighted by molar-refractivity contribution is 5.45. The summed E-state index contributed by atoms with van der Waals surface area (Å²) in [6.07, 6.45) is 8.70. The SMILES string of the molecule is C=C(C)C(C)(C)C(C)(ON)C1=C(C)C=CC(C)(C)C=C1. The van der Waals surface area contributed by atoms with Gasteiger partial charge in [0.1, 0.15) is 5.60 Å². The van der Waals surface area contributed by atoms with Crippen molar-refractivity contribution in [1.82, 2.24) is 0 Å². The average Bonchev–Trinajstić information content (AvgIpc) is 2.48. The van der Waals surface area contributed by atoms with E-state index >= 15 is 0 Å². The molecule has 0 heterocycles. The summed E-state index contributed by atoms with van der Waals surface area (Å²) < 4.78 is 0. The molecule has 0 fully saturated rings. The molecular formula is C18H29NO. The van der Waals surface area contributed by atoms with Gasteiger partial charge in [-0.1, -0.05) is 64.2 Å². The van der Waals surface area contributed by atoms with Crippen LogP contribution in [-0.4, -0.2) is 5.60 Å². The lowest BCUT2D eigenvalue weighted by Gasteiger charge is -2.44. The molecule has 0 aromatic carbocycles. The highest BCUT2D eigenvalue weighted by Crippen LogP contribution is 2.46. The monoisotopic (exact) mass is 275 g/mol. The van der Waals surface area contributed by atoms with Gasteiger partial charge in [0.05, 0.1) is 0 Å². The van der Waals surface area contributed by atoms with E-state index in [-0.39, 0.29) is 10.8 Å². The summed E-state index contributed by atoms with van der Waals surface area (Å²) in [6.45, 7) is 18.9. The Bertz CT molecular complexity index is 492. The molecule has 1 aliphatic rings. The van der Waals surface area contributed by atoms with Crippen molar-refractivity contribution >= 4 is 0 Å². The van der Waals surface area contributed by atoms with Crippen molar-refractivity contribution in [2.75, 3.05) is 0 Å². The molecule has 0 saturated heterocycles. The molecule has 0 bridgehead atoms. The molecule has 0 aromatic rings. The normalized spacial score (nSPS) is 21.6. The van der Waals surface area contributed by atoms with Gasteiger partial charge < -0.3 is 0 Å². The van der Waals surface area contributed by atoms with Crippen molar-refractivity contribution in [2.24, 2.45) is 16.7 Å². The Hall–Kier alpha value is -1.12. The number of hydrogen-bond donors (Lipinski definition) is 1. The number of hydrogen-bond acceptors (Lipinski definition) is 2. The summed E-state index contributed by atoms with van der Waals surface area (Å²) in [7, 11) is 0. The van der Waals surface area contributed by atoms with Crippen LogP contribution in [0.4, 0.5) is 0 Å². The molecule has 20 heavy (non-hydrogen) atoms. The topological polar surface area (TPSA) is 35.2 Å². The number of allylic oxidation sites excluding steroid dienone is 4. The van der Waals surface area contributed by atoms with Gasteiger partial charge in [-0.15, -0.1) is 0 Å². The highest BCUT2D eigenvalue weighted by atomic mass is 16.6. The third-order valence-corrected chi connectivity index (χ3v) is 4.88. The molecule has 0 aliphatic heterocycles. The zero-order valence-corrected chi connectivity index (χ0v) is 14.0.